The van der Waals surface area contributed by atoms with E-state index in [9.17, 15) is 22.0 Å². The molecule has 0 bridgehead atoms. The smallest absolute Gasteiger partial charge is 0.204 e. The van der Waals surface area contributed by atoms with Crippen LogP contribution in [0, 0.1) is 29.2 Å². The summed E-state index contributed by atoms with van der Waals surface area (Å²) in [5.41, 5.74) is -1.09. The molecule has 0 saturated carbocycles. The highest BCUT2D eigenvalue weighted by Crippen LogP contribution is 2.31. The number of benzene rings is 1. The highest BCUT2D eigenvalue weighted by Gasteiger charge is 2.24. The van der Waals surface area contributed by atoms with Gasteiger partial charge in [0.25, 0.3) is 5.95 Å². The molecule has 1 aromatic carbocycles. The average Bonchev–Trinajstić information content (AvgIpc) is 2.82. The Balaban J connectivity index is 2.43. The van der Waals surface area contributed by atoms with Crippen LogP contribution in [0.2, 0.25) is 0 Å². The van der Waals surface area contributed by atoms with Gasteiger partial charge in [0.15, 0.2) is 23.1 Å². The van der Waals surface area contributed by atoms with Gasteiger partial charge >= 0.3 is 0 Å². The molecule has 0 spiro atoms. The average molecular weight is 364 g/mol. The van der Waals surface area contributed by atoms with Crippen LogP contribution in [0.15, 0.2) is 22.9 Å². The summed E-state index contributed by atoms with van der Waals surface area (Å²) in [6.45, 7) is 0. The van der Waals surface area contributed by atoms with Crippen LogP contribution in [0.4, 0.5) is 22.0 Å². The Morgan fingerprint density at radius 2 is 1.67 bits per heavy atom. The number of fused-ring (bicyclic) bond motifs is 1. The van der Waals surface area contributed by atoms with Crippen molar-refractivity contribution >= 4 is 21.6 Å². The summed E-state index contributed by atoms with van der Waals surface area (Å²) >= 11 is 2.85. The van der Waals surface area contributed by atoms with Crippen LogP contribution in [0.1, 0.15) is 0 Å². The molecular weight excluding hydrogens is 361 g/mol. The normalized spacial score (nSPS) is 11.3. The van der Waals surface area contributed by atoms with Crippen LogP contribution in [-0.2, 0) is 0 Å². The Kier molecular flexibility index (Phi) is 3.16. The second kappa shape index (κ2) is 4.76. The molecule has 0 N–H and O–H groups in total. The molecule has 2 aromatic heterocycles. The van der Waals surface area contributed by atoms with Crippen LogP contribution >= 0.6 is 15.9 Å². The Labute approximate surface area is 122 Å². The van der Waals surface area contributed by atoms with E-state index in [0.29, 0.717) is 10.6 Å². The van der Waals surface area contributed by atoms with E-state index in [1.165, 1.54) is 0 Å². The lowest BCUT2D eigenvalue weighted by Crippen LogP contribution is -2.05. The van der Waals surface area contributed by atoms with Gasteiger partial charge in [-0.1, -0.05) is 6.07 Å². The first kappa shape index (κ1) is 13.9. The van der Waals surface area contributed by atoms with Gasteiger partial charge in [-0.3, -0.25) is 0 Å². The molecule has 0 aliphatic rings. The fourth-order valence-electron chi connectivity index (χ4n) is 1.88. The predicted octanol–water partition coefficient (Wildman–Crippen LogP) is 3.85. The highest BCUT2D eigenvalue weighted by molar-refractivity contribution is 9.10. The van der Waals surface area contributed by atoms with Gasteiger partial charge in [-0.05, 0) is 33.6 Å². The van der Waals surface area contributed by atoms with Crippen molar-refractivity contribution in [2.24, 2.45) is 0 Å². The van der Waals surface area contributed by atoms with Crippen molar-refractivity contribution in [2.75, 3.05) is 0 Å². The zero-order chi connectivity index (χ0) is 15.3. The van der Waals surface area contributed by atoms with Crippen LogP contribution in [0.25, 0.3) is 16.8 Å². The Hall–Kier alpha value is -2.03. The lowest BCUT2D eigenvalue weighted by molar-refractivity contribution is 0.413. The summed E-state index contributed by atoms with van der Waals surface area (Å²) in [5, 5.41) is 3.51. The molecule has 3 aromatic rings. The topological polar surface area (TPSA) is 30.2 Å². The van der Waals surface area contributed by atoms with Crippen molar-refractivity contribution in [2.45, 2.75) is 0 Å². The molecule has 0 atom stereocenters. The third-order valence-electron chi connectivity index (χ3n) is 2.79. The molecule has 3 nitrogen and oxygen atoms in total. The molecule has 9 heteroatoms. The molecule has 3 rings (SSSR count). The maximum atomic E-state index is 14.0. The molecule has 21 heavy (non-hydrogen) atoms. The van der Waals surface area contributed by atoms with Gasteiger partial charge in [0.2, 0.25) is 10.6 Å². The molecule has 0 aliphatic heterocycles. The van der Waals surface area contributed by atoms with E-state index in [0.717, 1.165) is 12.1 Å². The molecule has 0 unspecified atom stereocenters. The summed E-state index contributed by atoms with van der Waals surface area (Å²) in [4.78, 5) is 3.71. The first-order valence-electron chi connectivity index (χ1n) is 5.44. The molecule has 0 amide bonds. The van der Waals surface area contributed by atoms with E-state index in [-0.39, 0.29) is 15.9 Å². The summed E-state index contributed by atoms with van der Waals surface area (Å²) in [6.07, 6.45) is 0. The van der Waals surface area contributed by atoms with Crippen molar-refractivity contribution in [3.05, 3.63) is 52.1 Å². The number of hydrogen-bond donors (Lipinski definition) is 0. The minimum atomic E-state index is -1.79. The molecule has 2 heterocycles. The summed E-state index contributed by atoms with van der Waals surface area (Å²) in [6, 6.07) is 2.43. The lowest BCUT2D eigenvalue weighted by Gasteiger charge is -2.07. The third-order valence-corrected chi connectivity index (χ3v) is 3.13. The Morgan fingerprint density at radius 3 is 2.33 bits per heavy atom. The number of pyridine rings is 1. The largest absolute Gasteiger partial charge is 0.255 e. The van der Waals surface area contributed by atoms with Crippen LogP contribution < -0.4 is 0 Å². The first-order valence-corrected chi connectivity index (χ1v) is 6.23. The maximum Gasteiger partial charge on any atom is 0.255 e. The van der Waals surface area contributed by atoms with Gasteiger partial charge < -0.3 is 0 Å². The van der Waals surface area contributed by atoms with Crippen molar-refractivity contribution in [3.8, 4) is 11.1 Å². The highest BCUT2D eigenvalue weighted by atomic mass is 79.9. The zero-order valence-corrected chi connectivity index (χ0v) is 11.4. The van der Waals surface area contributed by atoms with Crippen molar-refractivity contribution in [3.63, 3.8) is 0 Å². The summed E-state index contributed by atoms with van der Waals surface area (Å²) < 4.78 is 67.7. The van der Waals surface area contributed by atoms with E-state index in [2.05, 4.69) is 26.0 Å². The fourth-order valence-corrected chi connectivity index (χ4v) is 2.21. The zero-order valence-electron chi connectivity index (χ0n) is 9.84. The molecule has 0 saturated heterocycles. The monoisotopic (exact) mass is 363 g/mol. The van der Waals surface area contributed by atoms with Crippen molar-refractivity contribution < 1.29 is 22.0 Å². The number of rotatable bonds is 1. The van der Waals surface area contributed by atoms with E-state index >= 15 is 0 Å². The number of nitrogens with zero attached hydrogens (tertiary/aromatic N) is 3. The fraction of sp³-hybridized carbons (Fsp3) is 0. The minimum Gasteiger partial charge on any atom is -0.204 e. The van der Waals surface area contributed by atoms with Crippen LogP contribution in [-0.4, -0.2) is 14.6 Å². The second-order valence-corrected chi connectivity index (χ2v) is 4.75. The van der Waals surface area contributed by atoms with Crippen molar-refractivity contribution in [1.82, 2.24) is 14.6 Å². The minimum absolute atomic E-state index is 0.116. The number of aromatic nitrogens is 3. The number of hydrogen-bond acceptors (Lipinski definition) is 2. The lowest BCUT2D eigenvalue weighted by atomic mass is 10.1. The third kappa shape index (κ3) is 2.08. The van der Waals surface area contributed by atoms with Crippen LogP contribution in [0.3, 0.4) is 0 Å². The SMILES string of the molecule is Fc1ccc(-c2c(F)c(F)c(F)n3nc(Br)nc23)cc1F. The van der Waals surface area contributed by atoms with E-state index in [1.807, 2.05) is 0 Å². The van der Waals surface area contributed by atoms with Crippen molar-refractivity contribution in [1.29, 1.82) is 0 Å². The number of halogens is 6. The van der Waals surface area contributed by atoms with E-state index in [1.54, 1.807) is 0 Å². The Bertz CT molecular complexity index is 877. The Morgan fingerprint density at radius 1 is 0.952 bits per heavy atom. The summed E-state index contributed by atoms with van der Waals surface area (Å²) in [5.74, 6) is -7.34. The van der Waals surface area contributed by atoms with E-state index in [4.69, 9.17) is 0 Å². The van der Waals surface area contributed by atoms with Gasteiger partial charge in [-0.15, -0.1) is 5.10 Å². The standard InChI is InChI=1S/C12H3BrF5N3/c13-12-19-11-7(4-1-2-5(14)6(15)3-4)8(16)9(17)10(18)21(11)20-12/h1-3H. The van der Waals surface area contributed by atoms with Gasteiger partial charge in [0, 0.05) is 0 Å². The molecule has 0 aliphatic carbocycles. The van der Waals surface area contributed by atoms with Gasteiger partial charge in [-0.2, -0.15) is 13.3 Å². The molecule has 0 radical (unpaired) electrons. The molecule has 108 valence electrons. The van der Waals surface area contributed by atoms with Gasteiger partial charge in [-0.25, -0.2) is 18.2 Å². The maximum absolute atomic E-state index is 14.0. The first-order chi connectivity index (χ1) is 9.90. The van der Waals surface area contributed by atoms with Gasteiger partial charge in [0.1, 0.15) is 0 Å². The molecule has 0 fully saturated rings. The quantitative estimate of drug-likeness (QED) is 0.485. The summed E-state index contributed by atoms with van der Waals surface area (Å²) in [7, 11) is 0. The van der Waals surface area contributed by atoms with E-state index < -0.39 is 34.8 Å². The molecular formula is C12H3BrF5N3. The predicted molar refractivity (Wildman–Crippen MR) is 65.9 cm³/mol. The van der Waals surface area contributed by atoms with Gasteiger partial charge in [0.05, 0.1) is 5.56 Å². The second-order valence-electron chi connectivity index (χ2n) is 4.04. The van der Waals surface area contributed by atoms with Crippen LogP contribution in [0.5, 0.6) is 0 Å².